The van der Waals surface area contributed by atoms with Gasteiger partial charge in [-0.1, -0.05) is 24.8 Å². The van der Waals surface area contributed by atoms with Crippen LogP contribution in [0.2, 0.25) is 0 Å². The van der Waals surface area contributed by atoms with Crippen molar-refractivity contribution >= 4 is 17.4 Å². The molecular formula is C20H24N2O4. The molecule has 2 aliphatic heterocycles. The molecular weight excluding hydrogens is 332 g/mol. The zero-order chi connectivity index (χ0) is 18.7. The first kappa shape index (κ1) is 18.2. The number of aliphatic hydroxyl groups is 1. The summed E-state index contributed by atoms with van der Waals surface area (Å²) in [5.41, 5.74) is 2.30. The Morgan fingerprint density at radius 1 is 1.27 bits per heavy atom. The van der Waals surface area contributed by atoms with Crippen LogP contribution in [0.1, 0.15) is 18.4 Å². The van der Waals surface area contributed by atoms with Crippen LogP contribution >= 0.6 is 0 Å². The van der Waals surface area contributed by atoms with Crippen molar-refractivity contribution in [3.8, 4) is 5.75 Å². The zero-order valence-corrected chi connectivity index (χ0v) is 14.9. The molecule has 1 saturated heterocycles. The van der Waals surface area contributed by atoms with Gasteiger partial charge in [0, 0.05) is 19.6 Å². The summed E-state index contributed by atoms with van der Waals surface area (Å²) in [5, 5.41) is 10.2. The lowest BCUT2D eigenvalue weighted by molar-refractivity contribution is -0.144. The van der Waals surface area contributed by atoms with Crippen LogP contribution in [0, 0.1) is 0 Å². The molecule has 0 aliphatic carbocycles. The summed E-state index contributed by atoms with van der Waals surface area (Å²) in [7, 11) is 1.64. The number of nitrogens with zero attached hydrogens (tertiary/aromatic N) is 2. The van der Waals surface area contributed by atoms with E-state index in [0.29, 0.717) is 26.1 Å². The molecule has 0 aromatic heterocycles. The van der Waals surface area contributed by atoms with Crippen LogP contribution in [0.5, 0.6) is 5.75 Å². The third kappa shape index (κ3) is 3.51. The number of carbonyl (C=O) groups is 2. The molecule has 6 nitrogen and oxygen atoms in total. The van der Waals surface area contributed by atoms with Crippen molar-refractivity contribution < 1.29 is 19.4 Å². The average Bonchev–Trinajstić information content (AvgIpc) is 3.08. The second kappa shape index (κ2) is 7.74. The fourth-order valence-corrected chi connectivity index (χ4v) is 3.56. The second-order valence-corrected chi connectivity index (χ2v) is 6.53. The number of amides is 2. The predicted octanol–water partition coefficient (Wildman–Crippen LogP) is 1.46. The van der Waals surface area contributed by atoms with Crippen molar-refractivity contribution in [1.29, 1.82) is 0 Å². The van der Waals surface area contributed by atoms with Gasteiger partial charge in [-0.3, -0.25) is 9.59 Å². The van der Waals surface area contributed by atoms with E-state index in [4.69, 9.17) is 4.74 Å². The van der Waals surface area contributed by atoms with Gasteiger partial charge in [-0.2, -0.15) is 0 Å². The molecule has 0 spiro atoms. The van der Waals surface area contributed by atoms with Gasteiger partial charge < -0.3 is 19.6 Å². The highest BCUT2D eigenvalue weighted by Gasteiger charge is 2.42. The average molecular weight is 356 g/mol. The highest BCUT2D eigenvalue weighted by molar-refractivity contribution is 5.93. The lowest BCUT2D eigenvalue weighted by Gasteiger charge is -2.33. The zero-order valence-electron chi connectivity index (χ0n) is 14.9. The van der Waals surface area contributed by atoms with Crippen LogP contribution in [0.3, 0.4) is 0 Å². The highest BCUT2D eigenvalue weighted by Crippen LogP contribution is 2.26. The van der Waals surface area contributed by atoms with Crippen molar-refractivity contribution in [3.05, 3.63) is 48.6 Å². The molecule has 2 heterocycles. The van der Waals surface area contributed by atoms with Crippen molar-refractivity contribution in [2.24, 2.45) is 0 Å². The Morgan fingerprint density at radius 3 is 2.58 bits per heavy atom. The summed E-state index contributed by atoms with van der Waals surface area (Å²) in [4.78, 5) is 27.9. The van der Waals surface area contributed by atoms with E-state index in [0.717, 1.165) is 17.7 Å². The number of carbonyl (C=O) groups excluding carboxylic acids is 2. The van der Waals surface area contributed by atoms with Crippen LogP contribution in [0.4, 0.5) is 0 Å². The van der Waals surface area contributed by atoms with Crippen molar-refractivity contribution in [2.45, 2.75) is 25.0 Å². The van der Waals surface area contributed by atoms with Gasteiger partial charge in [-0.25, -0.2) is 0 Å². The summed E-state index contributed by atoms with van der Waals surface area (Å²) < 4.78 is 5.18. The van der Waals surface area contributed by atoms with Gasteiger partial charge in [-0.15, -0.1) is 0 Å². The molecule has 2 atom stereocenters. The number of hydrogen-bond acceptors (Lipinski definition) is 4. The molecule has 0 saturated carbocycles. The molecule has 2 amide bonds. The number of rotatable bonds is 4. The standard InChI is InChI=1S/C20H24N2O4/c1-3-18(24)22-13-10-17(23)19(22)20(25)21-11-8-15(9-12-21)14-4-6-16(26-2)7-5-14/h3-8,17,19,23H,1,9-13H2,2H3/t17-,19+/m1/s1. The molecule has 138 valence electrons. The van der Waals surface area contributed by atoms with E-state index >= 15 is 0 Å². The van der Waals surface area contributed by atoms with Gasteiger partial charge in [-0.05, 0) is 42.2 Å². The summed E-state index contributed by atoms with van der Waals surface area (Å²) in [6, 6.07) is 7.04. The highest BCUT2D eigenvalue weighted by atomic mass is 16.5. The Bertz CT molecular complexity index is 726. The second-order valence-electron chi connectivity index (χ2n) is 6.53. The Hall–Kier alpha value is -2.60. The van der Waals surface area contributed by atoms with Crippen molar-refractivity contribution in [3.63, 3.8) is 0 Å². The maximum absolute atomic E-state index is 12.9. The number of ether oxygens (including phenoxy) is 1. The van der Waals surface area contributed by atoms with Gasteiger partial charge in [0.15, 0.2) is 0 Å². The number of aliphatic hydroxyl groups excluding tert-OH is 1. The lowest BCUT2D eigenvalue weighted by atomic mass is 9.98. The first-order valence-electron chi connectivity index (χ1n) is 8.78. The number of likely N-dealkylation sites (tertiary alicyclic amines) is 1. The Kier molecular flexibility index (Phi) is 5.42. The maximum Gasteiger partial charge on any atom is 0.248 e. The third-order valence-electron chi connectivity index (χ3n) is 5.06. The van der Waals surface area contributed by atoms with Crippen LogP contribution < -0.4 is 4.74 Å². The predicted molar refractivity (Wildman–Crippen MR) is 98.5 cm³/mol. The fourth-order valence-electron chi connectivity index (χ4n) is 3.56. The largest absolute Gasteiger partial charge is 0.497 e. The first-order chi connectivity index (χ1) is 12.5. The lowest BCUT2D eigenvalue weighted by Crippen LogP contribution is -2.52. The van der Waals surface area contributed by atoms with Gasteiger partial charge in [0.1, 0.15) is 11.8 Å². The molecule has 0 unspecified atom stereocenters. The van der Waals surface area contributed by atoms with E-state index in [9.17, 15) is 14.7 Å². The molecule has 0 bridgehead atoms. The molecule has 1 N–H and O–H groups in total. The van der Waals surface area contributed by atoms with Gasteiger partial charge in [0.2, 0.25) is 11.8 Å². The summed E-state index contributed by atoms with van der Waals surface area (Å²) in [6.45, 7) is 4.89. The smallest absolute Gasteiger partial charge is 0.248 e. The SMILES string of the molecule is C=CC(=O)N1CC[C@@H](O)[C@H]1C(=O)N1CC=C(c2ccc(OC)cc2)CC1. The molecule has 3 rings (SSSR count). The normalized spacial score (nSPS) is 22.8. The number of benzene rings is 1. The Labute approximate surface area is 153 Å². The molecule has 1 aromatic carbocycles. The molecule has 26 heavy (non-hydrogen) atoms. The number of hydrogen-bond donors (Lipinski definition) is 1. The van der Waals surface area contributed by atoms with Gasteiger partial charge in [0.05, 0.1) is 13.2 Å². The van der Waals surface area contributed by atoms with E-state index in [1.54, 1.807) is 12.0 Å². The summed E-state index contributed by atoms with van der Waals surface area (Å²) in [6.07, 6.45) is 3.55. The maximum atomic E-state index is 12.9. The van der Waals surface area contributed by atoms with Crippen molar-refractivity contribution in [1.82, 2.24) is 9.80 Å². The van der Waals surface area contributed by atoms with Crippen molar-refractivity contribution in [2.75, 3.05) is 26.7 Å². The van der Waals surface area contributed by atoms with E-state index < -0.39 is 12.1 Å². The molecule has 1 aromatic rings. The van der Waals surface area contributed by atoms with E-state index in [-0.39, 0.29) is 11.8 Å². The minimum atomic E-state index is -0.821. The van der Waals surface area contributed by atoms with Gasteiger partial charge in [0.25, 0.3) is 0 Å². The van der Waals surface area contributed by atoms with E-state index in [1.807, 2.05) is 30.3 Å². The molecule has 1 fully saturated rings. The Balaban J connectivity index is 1.69. The monoisotopic (exact) mass is 356 g/mol. The quantitative estimate of drug-likeness (QED) is 0.829. The third-order valence-corrected chi connectivity index (χ3v) is 5.06. The summed E-state index contributed by atoms with van der Waals surface area (Å²) >= 11 is 0. The summed E-state index contributed by atoms with van der Waals surface area (Å²) in [5.74, 6) is 0.297. The van der Waals surface area contributed by atoms with Crippen LogP contribution in [0.15, 0.2) is 43.0 Å². The van der Waals surface area contributed by atoms with E-state index in [1.165, 1.54) is 16.5 Å². The first-order valence-corrected chi connectivity index (χ1v) is 8.78. The van der Waals surface area contributed by atoms with Crippen LogP contribution in [-0.4, -0.2) is 65.6 Å². The molecule has 2 aliphatic rings. The number of methoxy groups -OCH3 is 1. The van der Waals surface area contributed by atoms with Crippen LogP contribution in [0.25, 0.3) is 5.57 Å². The minimum Gasteiger partial charge on any atom is -0.497 e. The Morgan fingerprint density at radius 2 is 2.00 bits per heavy atom. The van der Waals surface area contributed by atoms with Gasteiger partial charge >= 0.3 is 0 Å². The topological polar surface area (TPSA) is 70.1 Å². The molecule has 0 radical (unpaired) electrons. The molecule has 6 heteroatoms. The minimum absolute atomic E-state index is 0.199. The van der Waals surface area contributed by atoms with Crippen LogP contribution in [-0.2, 0) is 9.59 Å². The van der Waals surface area contributed by atoms with E-state index in [2.05, 4.69) is 6.58 Å². The fraction of sp³-hybridized carbons (Fsp3) is 0.400.